The quantitative estimate of drug-likeness (QED) is 0.677. The summed E-state index contributed by atoms with van der Waals surface area (Å²) in [6.07, 6.45) is 6.81. The van der Waals surface area contributed by atoms with Crippen molar-refractivity contribution in [2.24, 2.45) is 0 Å². The molecule has 0 spiro atoms. The molecule has 2 N–H and O–H groups in total. The Morgan fingerprint density at radius 1 is 0.967 bits per heavy atom. The highest BCUT2D eigenvalue weighted by Crippen LogP contribution is 2.33. The van der Waals surface area contributed by atoms with Crippen LogP contribution in [0.5, 0.6) is 5.75 Å². The van der Waals surface area contributed by atoms with Gasteiger partial charge >= 0.3 is 0 Å². The van der Waals surface area contributed by atoms with Gasteiger partial charge in [0.05, 0.1) is 17.6 Å². The van der Waals surface area contributed by atoms with E-state index in [2.05, 4.69) is 30.6 Å². The highest BCUT2D eigenvalue weighted by Gasteiger charge is 2.27. The third kappa shape index (κ3) is 3.85. The van der Waals surface area contributed by atoms with E-state index in [-0.39, 0.29) is 5.75 Å². The largest absolute Gasteiger partial charge is 0.507 e. The van der Waals surface area contributed by atoms with Gasteiger partial charge in [-0.3, -0.25) is 0 Å². The molecule has 1 atom stereocenters. The molecule has 3 heterocycles. The Morgan fingerprint density at radius 2 is 1.87 bits per heavy atom. The van der Waals surface area contributed by atoms with Gasteiger partial charge in [-0.2, -0.15) is 10.2 Å². The third-order valence-electron chi connectivity index (χ3n) is 6.12. The van der Waals surface area contributed by atoms with Gasteiger partial charge in [-0.05, 0) is 62.1 Å². The van der Waals surface area contributed by atoms with Crippen molar-refractivity contribution in [1.29, 1.82) is 0 Å². The molecule has 0 radical (unpaired) electrons. The fourth-order valence-corrected chi connectivity index (χ4v) is 4.21. The fraction of sp³-hybridized carbons (Fsp3) is 0.391. The van der Waals surface area contributed by atoms with Crippen LogP contribution in [0, 0.1) is 6.92 Å². The summed E-state index contributed by atoms with van der Waals surface area (Å²) in [5.74, 6) is 1.07. The van der Waals surface area contributed by atoms with E-state index in [4.69, 9.17) is 0 Å². The molecule has 1 aliphatic carbocycles. The van der Waals surface area contributed by atoms with Crippen LogP contribution in [0.15, 0.2) is 42.6 Å². The first kappa shape index (κ1) is 18.9. The lowest BCUT2D eigenvalue weighted by Gasteiger charge is -2.29. The van der Waals surface area contributed by atoms with Gasteiger partial charge in [0.2, 0.25) is 0 Å². The zero-order chi connectivity index (χ0) is 20.5. The second-order valence-corrected chi connectivity index (χ2v) is 8.32. The molecule has 154 valence electrons. The van der Waals surface area contributed by atoms with Crippen molar-refractivity contribution >= 4 is 5.82 Å². The van der Waals surface area contributed by atoms with Crippen LogP contribution in [0.4, 0.5) is 5.82 Å². The maximum absolute atomic E-state index is 10.6. The highest BCUT2D eigenvalue weighted by atomic mass is 16.3. The molecule has 5 rings (SSSR count). The van der Waals surface area contributed by atoms with E-state index in [0.717, 1.165) is 42.1 Å². The summed E-state index contributed by atoms with van der Waals surface area (Å²) in [7, 11) is 0. The van der Waals surface area contributed by atoms with E-state index in [1.54, 1.807) is 12.3 Å². The Kier molecular flexibility index (Phi) is 5.04. The number of hydrogen-bond donors (Lipinski definition) is 2. The molecule has 2 fully saturated rings. The molecule has 7 heteroatoms. The number of nitrogens with zero attached hydrogens (tertiary/aromatic N) is 5. The summed E-state index contributed by atoms with van der Waals surface area (Å²) >= 11 is 0. The summed E-state index contributed by atoms with van der Waals surface area (Å²) in [6.45, 7) is 3.87. The van der Waals surface area contributed by atoms with Crippen molar-refractivity contribution in [3.63, 3.8) is 0 Å². The van der Waals surface area contributed by atoms with Crippen LogP contribution in [0.25, 0.3) is 22.4 Å². The van der Waals surface area contributed by atoms with Crippen molar-refractivity contribution in [2.75, 3.05) is 18.0 Å². The van der Waals surface area contributed by atoms with Crippen LogP contribution >= 0.6 is 0 Å². The van der Waals surface area contributed by atoms with Crippen molar-refractivity contribution < 1.29 is 5.11 Å². The number of phenolic OH excluding ortho intramolecular Hbond substituents is 1. The normalized spacial score (nSPS) is 19.1. The molecule has 1 saturated carbocycles. The molecule has 0 amide bonds. The summed E-state index contributed by atoms with van der Waals surface area (Å²) in [4.78, 5) is 2.29. The number of hydrogen-bond acceptors (Lipinski definition) is 7. The second-order valence-electron chi connectivity index (χ2n) is 8.32. The van der Waals surface area contributed by atoms with E-state index >= 15 is 0 Å². The lowest BCUT2D eigenvalue weighted by Crippen LogP contribution is -2.43. The van der Waals surface area contributed by atoms with Crippen LogP contribution in [-0.2, 0) is 0 Å². The number of aryl methyl sites for hydroxylation is 1. The lowest BCUT2D eigenvalue weighted by atomic mass is 9.92. The van der Waals surface area contributed by atoms with Gasteiger partial charge in [0.25, 0.3) is 0 Å². The molecule has 0 unspecified atom stereocenters. The third-order valence-corrected chi connectivity index (χ3v) is 6.12. The molecule has 7 nitrogen and oxygen atoms in total. The van der Waals surface area contributed by atoms with E-state index < -0.39 is 0 Å². The van der Waals surface area contributed by atoms with Crippen LogP contribution in [0.1, 0.15) is 31.4 Å². The molecular weight excluding hydrogens is 376 g/mol. The number of phenols is 1. The van der Waals surface area contributed by atoms with E-state index in [1.807, 2.05) is 37.3 Å². The SMILES string of the molecule is Cc1cc(-c2ccc(-c3ccc(N4CC[C@@H](NC5CCC5)C4)nn3)c(O)c2)cnn1. The maximum atomic E-state index is 10.6. The predicted octanol–water partition coefficient (Wildman–Crippen LogP) is 3.34. The lowest BCUT2D eigenvalue weighted by molar-refractivity contribution is 0.311. The number of rotatable bonds is 5. The minimum Gasteiger partial charge on any atom is -0.507 e. The molecule has 3 aromatic rings. The van der Waals surface area contributed by atoms with E-state index in [0.29, 0.717) is 23.3 Å². The van der Waals surface area contributed by atoms with Crippen LogP contribution in [0.3, 0.4) is 0 Å². The maximum Gasteiger partial charge on any atom is 0.151 e. The van der Waals surface area contributed by atoms with Gasteiger partial charge in [-0.15, -0.1) is 10.2 Å². The van der Waals surface area contributed by atoms with Crippen molar-refractivity contribution in [1.82, 2.24) is 25.7 Å². The number of benzene rings is 1. The fourth-order valence-electron chi connectivity index (χ4n) is 4.21. The summed E-state index contributed by atoms with van der Waals surface area (Å²) < 4.78 is 0. The minimum absolute atomic E-state index is 0.176. The molecule has 1 aromatic carbocycles. The Hall–Kier alpha value is -3.06. The minimum atomic E-state index is 0.176. The smallest absolute Gasteiger partial charge is 0.151 e. The number of aromatic hydroxyl groups is 1. The molecule has 1 aliphatic heterocycles. The Morgan fingerprint density at radius 3 is 2.57 bits per heavy atom. The van der Waals surface area contributed by atoms with Gasteiger partial charge < -0.3 is 15.3 Å². The topological polar surface area (TPSA) is 87.1 Å². The molecule has 2 aromatic heterocycles. The standard InChI is InChI=1S/C23H26N6O/c1-15-11-17(13-24-26-15)16-5-6-20(22(30)12-16)21-7-8-23(28-27-21)29-10-9-19(14-29)25-18-3-2-4-18/h5-8,11-13,18-19,25,30H,2-4,9-10,14H2,1H3/t19-/m1/s1. The molecule has 0 bridgehead atoms. The molecule has 30 heavy (non-hydrogen) atoms. The highest BCUT2D eigenvalue weighted by molar-refractivity contribution is 5.74. The summed E-state index contributed by atoms with van der Waals surface area (Å²) in [5, 5.41) is 31.1. The molecule has 2 aliphatic rings. The number of aromatic nitrogens is 4. The van der Waals surface area contributed by atoms with Crippen molar-refractivity contribution in [3.8, 4) is 28.1 Å². The molecule has 1 saturated heterocycles. The van der Waals surface area contributed by atoms with Crippen molar-refractivity contribution in [3.05, 3.63) is 48.3 Å². The Bertz CT molecular complexity index is 1030. The first-order valence-corrected chi connectivity index (χ1v) is 10.6. The summed E-state index contributed by atoms with van der Waals surface area (Å²) in [5.41, 5.74) is 3.98. The zero-order valence-electron chi connectivity index (χ0n) is 17.1. The average molecular weight is 403 g/mol. The van der Waals surface area contributed by atoms with Crippen LogP contribution < -0.4 is 10.2 Å². The number of anilines is 1. The van der Waals surface area contributed by atoms with E-state index in [9.17, 15) is 5.11 Å². The monoisotopic (exact) mass is 402 g/mol. The molecular formula is C23H26N6O. The van der Waals surface area contributed by atoms with Gasteiger partial charge in [0, 0.05) is 36.3 Å². The Balaban J connectivity index is 1.29. The van der Waals surface area contributed by atoms with Crippen molar-refractivity contribution in [2.45, 2.75) is 44.7 Å². The van der Waals surface area contributed by atoms with Gasteiger partial charge in [0.1, 0.15) is 5.75 Å². The zero-order valence-corrected chi connectivity index (χ0v) is 17.1. The van der Waals surface area contributed by atoms with Crippen LogP contribution in [-0.4, -0.2) is 50.7 Å². The first-order valence-electron chi connectivity index (χ1n) is 10.6. The Labute approximate surface area is 176 Å². The predicted molar refractivity (Wildman–Crippen MR) is 116 cm³/mol. The van der Waals surface area contributed by atoms with Gasteiger partial charge in [-0.25, -0.2) is 0 Å². The average Bonchev–Trinajstić information content (AvgIpc) is 3.20. The van der Waals surface area contributed by atoms with Gasteiger partial charge in [-0.1, -0.05) is 12.5 Å². The summed E-state index contributed by atoms with van der Waals surface area (Å²) in [6, 6.07) is 12.7. The van der Waals surface area contributed by atoms with Crippen LogP contribution in [0.2, 0.25) is 0 Å². The first-order chi connectivity index (χ1) is 14.7. The van der Waals surface area contributed by atoms with E-state index in [1.165, 1.54) is 19.3 Å². The second kappa shape index (κ2) is 7.99. The number of nitrogens with one attached hydrogen (secondary N) is 1. The van der Waals surface area contributed by atoms with Gasteiger partial charge in [0.15, 0.2) is 5.82 Å².